The highest BCUT2D eigenvalue weighted by molar-refractivity contribution is 9.10. The summed E-state index contributed by atoms with van der Waals surface area (Å²) < 4.78 is 22.1. The summed E-state index contributed by atoms with van der Waals surface area (Å²) in [5.74, 6) is 0.503. The second kappa shape index (κ2) is 5.49. The minimum Gasteiger partial charge on any atom is -0.383 e. The monoisotopic (exact) mass is 326 g/mol. The van der Waals surface area contributed by atoms with E-state index in [-0.39, 0.29) is 5.75 Å². The van der Waals surface area contributed by atoms with Crippen LogP contribution in [-0.2, 0) is 16.5 Å². The van der Waals surface area contributed by atoms with Crippen molar-refractivity contribution in [3.05, 3.63) is 46.6 Å². The average Bonchev–Trinajstić information content (AvgIpc) is 2.33. The average molecular weight is 327 g/mol. The van der Waals surface area contributed by atoms with Crippen LogP contribution in [-0.4, -0.2) is 13.4 Å². The normalized spacial score (nSPS) is 10.8. The first-order chi connectivity index (χ1) is 8.56. The van der Waals surface area contributed by atoms with Crippen molar-refractivity contribution >= 4 is 32.5 Å². The zero-order chi connectivity index (χ0) is 13.1. The molecule has 4 nitrogen and oxygen atoms in total. The van der Waals surface area contributed by atoms with Gasteiger partial charge in [-0.3, -0.25) is 0 Å². The van der Waals surface area contributed by atoms with Crippen LogP contribution in [0.25, 0.3) is 11.1 Å². The number of benzene rings is 1. The number of nitrogens with zero attached hydrogens (tertiary/aromatic N) is 1. The third-order valence-corrected chi connectivity index (χ3v) is 3.52. The molecule has 0 unspecified atom stereocenters. The van der Waals surface area contributed by atoms with Crippen LogP contribution in [0.4, 0.5) is 5.82 Å². The Balaban J connectivity index is 2.37. The summed E-state index contributed by atoms with van der Waals surface area (Å²) in [7, 11) is -2.40. The maximum absolute atomic E-state index is 10.6. The molecule has 6 heteroatoms. The number of rotatable bonds is 3. The van der Waals surface area contributed by atoms with E-state index in [4.69, 9.17) is 5.73 Å². The Labute approximate surface area is 115 Å². The minimum absolute atomic E-state index is 0.0574. The molecule has 0 amide bonds. The molecule has 0 radical (unpaired) electrons. The van der Waals surface area contributed by atoms with E-state index in [0.29, 0.717) is 5.82 Å². The molecule has 18 heavy (non-hydrogen) atoms. The first-order valence-electron chi connectivity index (χ1n) is 5.18. The van der Waals surface area contributed by atoms with E-state index < -0.39 is 10.7 Å². The molecular weight excluding hydrogens is 316 g/mol. The molecule has 0 fully saturated rings. The molecule has 2 aromatic rings. The van der Waals surface area contributed by atoms with Crippen LogP contribution in [0.1, 0.15) is 5.56 Å². The summed E-state index contributed by atoms with van der Waals surface area (Å²) in [5, 5.41) is 0. The highest BCUT2D eigenvalue weighted by Gasteiger charge is 2.05. The van der Waals surface area contributed by atoms with Crippen LogP contribution in [0.5, 0.6) is 0 Å². The number of aromatic nitrogens is 1. The van der Waals surface area contributed by atoms with Gasteiger partial charge >= 0.3 is 0 Å². The molecule has 0 saturated carbocycles. The van der Waals surface area contributed by atoms with E-state index in [2.05, 4.69) is 20.9 Å². The third kappa shape index (κ3) is 3.08. The Hall–Kier alpha value is -1.40. The molecule has 1 heterocycles. The fourth-order valence-corrected chi connectivity index (χ4v) is 2.46. The van der Waals surface area contributed by atoms with Crippen molar-refractivity contribution in [3.63, 3.8) is 0 Å². The first kappa shape index (κ1) is 13.0. The summed E-state index contributed by atoms with van der Waals surface area (Å²) in [4.78, 5) is 4.06. The van der Waals surface area contributed by atoms with Gasteiger partial charge in [0, 0.05) is 16.2 Å². The molecule has 0 aliphatic carbocycles. The molecule has 0 saturated heterocycles. The Kier molecular flexibility index (Phi) is 3.98. The number of nitrogen functional groups attached to an aromatic ring is 1. The summed E-state index contributed by atoms with van der Waals surface area (Å²) >= 11 is 3.34. The highest BCUT2D eigenvalue weighted by atomic mass is 79.9. The number of pyridine rings is 1. The molecule has 94 valence electrons. The van der Waals surface area contributed by atoms with Gasteiger partial charge in [0.2, 0.25) is 0 Å². The van der Waals surface area contributed by atoms with Gasteiger partial charge in [-0.15, -0.1) is 0 Å². The van der Waals surface area contributed by atoms with Gasteiger partial charge in [-0.1, -0.05) is 24.3 Å². The summed E-state index contributed by atoms with van der Waals surface area (Å²) in [5.41, 5.74) is 8.30. The predicted octanol–water partition coefficient (Wildman–Crippen LogP) is 2.20. The summed E-state index contributed by atoms with van der Waals surface area (Å²) in [6.07, 6.45) is 1.63. The molecule has 0 bridgehead atoms. The number of anilines is 1. The van der Waals surface area contributed by atoms with Gasteiger partial charge in [-0.25, -0.2) is 13.4 Å². The second-order valence-electron chi connectivity index (χ2n) is 3.77. The van der Waals surface area contributed by atoms with E-state index in [9.17, 15) is 8.42 Å². The fraction of sp³-hybridized carbons (Fsp3) is 0.0833. The molecular formula is C12H11BrN2O2S. The number of nitrogens with two attached hydrogens (primary N) is 1. The zero-order valence-corrected chi connectivity index (χ0v) is 11.8. The lowest BCUT2D eigenvalue weighted by Gasteiger charge is -2.06. The van der Waals surface area contributed by atoms with Gasteiger partial charge in [0.05, 0.1) is 5.75 Å². The SMILES string of the molecule is Nc1ncc(Br)cc1-c1ccc(C[SH](=O)=O)cc1. The van der Waals surface area contributed by atoms with Crippen molar-refractivity contribution in [1.29, 1.82) is 0 Å². The highest BCUT2D eigenvalue weighted by Crippen LogP contribution is 2.27. The van der Waals surface area contributed by atoms with Crippen molar-refractivity contribution in [2.75, 3.05) is 5.73 Å². The number of halogens is 1. The smallest absolute Gasteiger partial charge is 0.144 e. The maximum Gasteiger partial charge on any atom is 0.144 e. The van der Waals surface area contributed by atoms with Gasteiger partial charge in [-0.2, -0.15) is 0 Å². The van der Waals surface area contributed by atoms with Crippen LogP contribution in [0, 0.1) is 0 Å². The lowest BCUT2D eigenvalue weighted by Crippen LogP contribution is -1.94. The fourth-order valence-electron chi connectivity index (χ4n) is 1.62. The molecule has 0 aliphatic heterocycles. The minimum atomic E-state index is -2.40. The Morgan fingerprint density at radius 2 is 1.89 bits per heavy atom. The molecule has 2 rings (SSSR count). The summed E-state index contributed by atoms with van der Waals surface area (Å²) in [6, 6.07) is 9.12. The van der Waals surface area contributed by atoms with Crippen LogP contribution in [0.2, 0.25) is 0 Å². The lowest BCUT2D eigenvalue weighted by molar-refractivity contribution is 0.614. The predicted molar refractivity (Wildman–Crippen MR) is 75.8 cm³/mol. The lowest BCUT2D eigenvalue weighted by atomic mass is 10.1. The van der Waals surface area contributed by atoms with Crippen molar-refractivity contribution in [2.24, 2.45) is 0 Å². The number of hydrogen-bond acceptors (Lipinski definition) is 4. The van der Waals surface area contributed by atoms with Gasteiger partial charge in [0.15, 0.2) is 0 Å². The Bertz CT molecular complexity index is 631. The largest absolute Gasteiger partial charge is 0.383 e. The Morgan fingerprint density at radius 3 is 2.50 bits per heavy atom. The molecule has 0 spiro atoms. The molecule has 0 aliphatic rings. The van der Waals surface area contributed by atoms with E-state index in [1.165, 1.54) is 0 Å². The van der Waals surface area contributed by atoms with E-state index in [0.717, 1.165) is 21.2 Å². The van der Waals surface area contributed by atoms with Gasteiger partial charge in [0.25, 0.3) is 0 Å². The first-order valence-corrected chi connectivity index (χ1v) is 7.34. The third-order valence-electron chi connectivity index (χ3n) is 2.46. The standard InChI is InChI=1S/C12H11BrN2O2S/c13-10-5-11(12(14)15-6-10)9-3-1-8(2-4-9)7-18(16)17/h1-6,18H,7H2,(H2,14,15). The van der Waals surface area contributed by atoms with E-state index in [1.54, 1.807) is 18.3 Å². The van der Waals surface area contributed by atoms with Crippen LogP contribution >= 0.6 is 15.9 Å². The van der Waals surface area contributed by atoms with Crippen LogP contribution in [0.3, 0.4) is 0 Å². The molecule has 0 atom stereocenters. The van der Waals surface area contributed by atoms with Crippen molar-refractivity contribution in [1.82, 2.24) is 4.98 Å². The zero-order valence-electron chi connectivity index (χ0n) is 9.34. The molecule has 1 aromatic heterocycles. The number of thiol groups is 1. The quantitative estimate of drug-likeness (QED) is 0.848. The van der Waals surface area contributed by atoms with E-state index >= 15 is 0 Å². The van der Waals surface area contributed by atoms with Crippen molar-refractivity contribution in [3.8, 4) is 11.1 Å². The summed E-state index contributed by atoms with van der Waals surface area (Å²) in [6.45, 7) is 0. The molecule has 2 N–H and O–H groups in total. The maximum atomic E-state index is 10.6. The van der Waals surface area contributed by atoms with Gasteiger partial charge < -0.3 is 5.73 Å². The molecule has 1 aromatic carbocycles. The Morgan fingerprint density at radius 1 is 1.22 bits per heavy atom. The number of hydrogen-bond donors (Lipinski definition) is 2. The van der Waals surface area contributed by atoms with Crippen LogP contribution < -0.4 is 5.73 Å². The van der Waals surface area contributed by atoms with Crippen LogP contribution in [0.15, 0.2) is 41.0 Å². The van der Waals surface area contributed by atoms with Crippen molar-refractivity contribution in [2.45, 2.75) is 5.75 Å². The van der Waals surface area contributed by atoms with Gasteiger partial charge in [-0.05, 0) is 33.1 Å². The topological polar surface area (TPSA) is 73.0 Å². The van der Waals surface area contributed by atoms with E-state index in [1.807, 2.05) is 18.2 Å². The van der Waals surface area contributed by atoms with Crippen molar-refractivity contribution < 1.29 is 8.42 Å². The second-order valence-corrected chi connectivity index (χ2v) is 5.67. The van der Waals surface area contributed by atoms with Gasteiger partial charge in [0.1, 0.15) is 16.5 Å².